The molecule has 0 aliphatic rings. The first kappa shape index (κ1) is 11.4. The molecular formula is C11H13BOS. The maximum absolute atomic E-state index is 11.0. The fraction of sp³-hybridized carbons (Fsp3) is 0.364. The molecule has 1 unspecified atom stereocenters. The minimum atomic E-state index is -0.225. The van der Waals surface area contributed by atoms with Crippen LogP contribution in [0, 0.1) is 6.92 Å². The van der Waals surface area contributed by atoms with E-state index < -0.39 is 0 Å². The zero-order valence-corrected chi connectivity index (χ0v) is 9.34. The van der Waals surface area contributed by atoms with E-state index >= 15 is 0 Å². The third kappa shape index (κ3) is 2.91. The van der Waals surface area contributed by atoms with Crippen LogP contribution in [0.3, 0.4) is 0 Å². The number of ketones is 1. The molecule has 1 aromatic carbocycles. The molecule has 0 bridgehead atoms. The van der Waals surface area contributed by atoms with Crippen molar-refractivity contribution in [2.45, 2.75) is 25.5 Å². The Morgan fingerprint density at radius 2 is 2.21 bits per heavy atom. The van der Waals surface area contributed by atoms with Crippen LogP contribution in [0.2, 0.25) is 0 Å². The molecule has 1 nitrogen and oxygen atoms in total. The summed E-state index contributed by atoms with van der Waals surface area (Å²) in [5.41, 5.74) is 2.89. The molecule has 0 N–H and O–H groups in total. The quantitative estimate of drug-likeness (QED) is 0.578. The fourth-order valence-corrected chi connectivity index (χ4v) is 1.39. The van der Waals surface area contributed by atoms with Crippen molar-refractivity contribution in [3.8, 4) is 0 Å². The van der Waals surface area contributed by atoms with Gasteiger partial charge in [0.2, 0.25) is 0 Å². The van der Waals surface area contributed by atoms with Crippen molar-refractivity contribution in [3.05, 3.63) is 29.3 Å². The van der Waals surface area contributed by atoms with E-state index in [2.05, 4.69) is 12.6 Å². The first-order valence-electron chi connectivity index (χ1n) is 4.54. The summed E-state index contributed by atoms with van der Waals surface area (Å²) in [4.78, 5) is 11.0. The minimum absolute atomic E-state index is 0.0903. The molecule has 1 aromatic rings. The van der Waals surface area contributed by atoms with Gasteiger partial charge in [-0.25, -0.2) is 0 Å². The van der Waals surface area contributed by atoms with Crippen LogP contribution in [0.15, 0.2) is 18.2 Å². The van der Waals surface area contributed by atoms with Gasteiger partial charge in [-0.15, -0.1) is 0 Å². The summed E-state index contributed by atoms with van der Waals surface area (Å²) in [6.07, 6.45) is 0.642. The Labute approximate surface area is 91.7 Å². The summed E-state index contributed by atoms with van der Waals surface area (Å²) in [5.74, 6) is 0.0903. The molecule has 0 heterocycles. The maximum Gasteiger partial charge on any atom is 0.142 e. The predicted octanol–water partition coefficient (Wildman–Crippen LogP) is 1.22. The first-order valence-corrected chi connectivity index (χ1v) is 5.06. The highest BCUT2D eigenvalue weighted by atomic mass is 32.1. The van der Waals surface area contributed by atoms with Crippen LogP contribution < -0.4 is 5.46 Å². The summed E-state index contributed by atoms with van der Waals surface area (Å²) in [6.45, 7) is 3.51. The smallest absolute Gasteiger partial charge is 0.142 e. The Morgan fingerprint density at radius 3 is 2.71 bits per heavy atom. The van der Waals surface area contributed by atoms with E-state index in [1.165, 1.54) is 0 Å². The summed E-state index contributed by atoms with van der Waals surface area (Å²) in [6, 6.07) is 5.85. The molecule has 1 atom stereocenters. The van der Waals surface area contributed by atoms with E-state index in [4.69, 9.17) is 7.85 Å². The van der Waals surface area contributed by atoms with Crippen molar-refractivity contribution < 1.29 is 4.79 Å². The number of hydrogen-bond donors (Lipinski definition) is 1. The maximum atomic E-state index is 11.0. The topological polar surface area (TPSA) is 17.1 Å². The van der Waals surface area contributed by atoms with Gasteiger partial charge in [0, 0.05) is 0 Å². The summed E-state index contributed by atoms with van der Waals surface area (Å²) in [7, 11) is 5.76. The van der Waals surface area contributed by atoms with Gasteiger partial charge in [-0.1, -0.05) is 29.2 Å². The van der Waals surface area contributed by atoms with E-state index in [9.17, 15) is 4.79 Å². The van der Waals surface area contributed by atoms with E-state index in [0.29, 0.717) is 6.42 Å². The number of hydrogen-bond acceptors (Lipinski definition) is 2. The molecular weight excluding hydrogens is 191 g/mol. The molecule has 0 aromatic heterocycles. The number of carbonyl (C=O) groups is 1. The normalized spacial score (nSPS) is 12.5. The number of Topliss-reactive ketones (excluding diaryl/α,β-unsaturated/α-hetero) is 1. The molecule has 0 fully saturated rings. The molecule has 0 saturated heterocycles. The third-order valence-electron chi connectivity index (χ3n) is 2.24. The predicted molar refractivity (Wildman–Crippen MR) is 63.7 cm³/mol. The second-order valence-electron chi connectivity index (χ2n) is 3.52. The fourth-order valence-electron chi connectivity index (χ4n) is 1.18. The van der Waals surface area contributed by atoms with Crippen LogP contribution in [0.5, 0.6) is 0 Å². The number of benzene rings is 1. The molecule has 0 aliphatic heterocycles. The van der Waals surface area contributed by atoms with Crippen LogP contribution in [-0.2, 0) is 11.2 Å². The zero-order chi connectivity index (χ0) is 10.7. The van der Waals surface area contributed by atoms with Gasteiger partial charge in [0.25, 0.3) is 0 Å². The highest BCUT2D eigenvalue weighted by Crippen LogP contribution is 2.08. The Bertz CT molecular complexity index is 349. The second kappa shape index (κ2) is 4.69. The van der Waals surface area contributed by atoms with E-state index in [1.807, 2.05) is 25.1 Å². The lowest BCUT2D eigenvalue weighted by Gasteiger charge is -2.08. The largest absolute Gasteiger partial charge is 0.299 e. The highest BCUT2D eigenvalue weighted by Gasteiger charge is 2.09. The molecule has 14 heavy (non-hydrogen) atoms. The SMILES string of the molecule is [B]c1cc(CC(S)C(C)=O)ccc1C. The lowest BCUT2D eigenvalue weighted by Crippen LogP contribution is -2.15. The van der Waals surface area contributed by atoms with Crippen molar-refractivity contribution in [1.29, 1.82) is 0 Å². The molecule has 0 spiro atoms. The summed E-state index contributed by atoms with van der Waals surface area (Å²) >= 11 is 4.21. The Kier molecular flexibility index (Phi) is 3.82. The van der Waals surface area contributed by atoms with Gasteiger partial charge in [0.1, 0.15) is 13.6 Å². The van der Waals surface area contributed by atoms with Crippen molar-refractivity contribution in [3.63, 3.8) is 0 Å². The number of aryl methyl sites for hydroxylation is 1. The Hall–Kier alpha value is -0.695. The van der Waals surface area contributed by atoms with Crippen molar-refractivity contribution in [2.75, 3.05) is 0 Å². The zero-order valence-electron chi connectivity index (χ0n) is 8.45. The van der Waals surface area contributed by atoms with Crippen LogP contribution >= 0.6 is 12.6 Å². The molecule has 0 aliphatic carbocycles. The van der Waals surface area contributed by atoms with Crippen molar-refractivity contribution in [1.82, 2.24) is 0 Å². The van der Waals surface area contributed by atoms with E-state index in [0.717, 1.165) is 16.6 Å². The Morgan fingerprint density at radius 1 is 1.57 bits per heavy atom. The van der Waals surface area contributed by atoms with Crippen LogP contribution in [0.25, 0.3) is 0 Å². The van der Waals surface area contributed by atoms with Crippen LogP contribution in [0.4, 0.5) is 0 Å². The summed E-state index contributed by atoms with van der Waals surface area (Å²) in [5, 5.41) is -0.225. The van der Waals surface area contributed by atoms with Crippen molar-refractivity contribution >= 4 is 31.7 Å². The number of thiol groups is 1. The lowest BCUT2D eigenvalue weighted by molar-refractivity contribution is -0.116. The summed E-state index contributed by atoms with van der Waals surface area (Å²) < 4.78 is 0. The van der Waals surface area contributed by atoms with Gasteiger partial charge in [-0.2, -0.15) is 12.6 Å². The molecule has 1 rings (SSSR count). The van der Waals surface area contributed by atoms with Gasteiger partial charge < -0.3 is 0 Å². The second-order valence-corrected chi connectivity index (χ2v) is 4.14. The van der Waals surface area contributed by atoms with Gasteiger partial charge in [-0.3, -0.25) is 4.79 Å². The van der Waals surface area contributed by atoms with Crippen LogP contribution in [-0.4, -0.2) is 18.9 Å². The van der Waals surface area contributed by atoms with E-state index in [1.54, 1.807) is 6.92 Å². The molecule has 3 heteroatoms. The van der Waals surface area contributed by atoms with Gasteiger partial charge in [0.05, 0.1) is 5.25 Å². The number of carbonyl (C=O) groups excluding carboxylic acids is 1. The Balaban J connectivity index is 2.78. The molecule has 2 radical (unpaired) electrons. The van der Waals surface area contributed by atoms with Crippen LogP contribution in [0.1, 0.15) is 18.1 Å². The monoisotopic (exact) mass is 204 g/mol. The van der Waals surface area contributed by atoms with Gasteiger partial charge in [0.15, 0.2) is 0 Å². The highest BCUT2D eigenvalue weighted by molar-refractivity contribution is 7.81. The molecule has 72 valence electrons. The molecule has 0 saturated carbocycles. The van der Waals surface area contributed by atoms with Gasteiger partial charge >= 0.3 is 0 Å². The standard InChI is InChI=1S/C11H13BOS/c1-7-3-4-9(5-10(7)12)6-11(14)8(2)13/h3-5,11,14H,6H2,1-2H3. The molecule has 0 amide bonds. The van der Waals surface area contributed by atoms with E-state index in [-0.39, 0.29) is 11.0 Å². The third-order valence-corrected chi connectivity index (χ3v) is 2.79. The lowest BCUT2D eigenvalue weighted by atomic mass is 9.88. The average Bonchev–Trinajstić information content (AvgIpc) is 2.11. The van der Waals surface area contributed by atoms with Gasteiger partial charge in [-0.05, 0) is 25.8 Å². The average molecular weight is 204 g/mol. The minimum Gasteiger partial charge on any atom is -0.299 e. The number of rotatable bonds is 3. The first-order chi connectivity index (χ1) is 6.50. The van der Waals surface area contributed by atoms with Crippen molar-refractivity contribution in [2.24, 2.45) is 0 Å².